The number of alkyl halides is 1. The second kappa shape index (κ2) is 8.15. The largest absolute Gasteiger partial charge is 0.490 e. The zero-order valence-electron chi connectivity index (χ0n) is 12.6. The van der Waals surface area contributed by atoms with E-state index >= 15 is 0 Å². The van der Waals surface area contributed by atoms with Crippen LogP contribution in [-0.4, -0.2) is 19.0 Å². The molecule has 3 nitrogen and oxygen atoms in total. The third-order valence-corrected chi connectivity index (χ3v) is 3.26. The van der Waals surface area contributed by atoms with Crippen molar-refractivity contribution in [3.8, 4) is 11.5 Å². The molecule has 1 aromatic carbocycles. The summed E-state index contributed by atoms with van der Waals surface area (Å²) in [5.41, 5.74) is 0.749. The lowest BCUT2D eigenvalue weighted by Gasteiger charge is -2.16. The van der Waals surface area contributed by atoms with Crippen molar-refractivity contribution < 1.29 is 14.3 Å². The fraction of sp³-hybridized carbons (Fsp3) is 0.562. The molecule has 0 aromatic heterocycles. The van der Waals surface area contributed by atoms with Gasteiger partial charge in [0.15, 0.2) is 17.3 Å². The standard InChI is InChI=1S/C16H23ClO3/c1-5-13(18)16(17)12-7-8-14(20-10-11(3)4)15(9-12)19-6-2/h7-9,11,16H,5-6,10H2,1-4H3. The van der Waals surface area contributed by atoms with Gasteiger partial charge in [-0.2, -0.15) is 0 Å². The topological polar surface area (TPSA) is 35.5 Å². The van der Waals surface area contributed by atoms with Crippen molar-refractivity contribution in [2.45, 2.75) is 39.5 Å². The SMILES string of the molecule is CCOc1cc(C(Cl)C(=O)CC)ccc1OCC(C)C. The van der Waals surface area contributed by atoms with Crippen LogP contribution >= 0.6 is 11.6 Å². The van der Waals surface area contributed by atoms with Gasteiger partial charge in [0, 0.05) is 6.42 Å². The molecule has 0 fully saturated rings. The Bertz CT molecular complexity index is 443. The first-order chi connectivity index (χ1) is 9.49. The molecule has 0 aliphatic rings. The van der Waals surface area contributed by atoms with Crippen LogP contribution in [0.1, 0.15) is 45.1 Å². The number of ether oxygens (including phenoxy) is 2. The van der Waals surface area contributed by atoms with Gasteiger partial charge in [-0.3, -0.25) is 4.79 Å². The lowest BCUT2D eigenvalue weighted by atomic mass is 10.1. The summed E-state index contributed by atoms with van der Waals surface area (Å²) in [4.78, 5) is 11.7. The van der Waals surface area contributed by atoms with Crippen LogP contribution in [0.15, 0.2) is 18.2 Å². The fourth-order valence-electron chi connectivity index (χ4n) is 1.69. The molecule has 0 saturated carbocycles. The molecule has 1 aromatic rings. The summed E-state index contributed by atoms with van der Waals surface area (Å²) in [6, 6.07) is 5.44. The number of Topliss-reactive ketones (excluding diaryl/α,β-unsaturated/α-hetero) is 1. The van der Waals surface area contributed by atoms with E-state index in [1.807, 2.05) is 19.1 Å². The molecule has 0 bridgehead atoms. The average Bonchev–Trinajstić information content (AvgIpc) is 2.44. The molecule has 1 rings (SSSR count). The lowest BCUT2D eigenvalue weighted by Crippen LogP contribution is -2.08. The molecule has 0 aliphatic heterocycles. The highest BCUT2D eigenvalue weighted by Crippen LogP contribution is 2.33. The number of benzene rings is 1. The Kier molecular flexibility index (Phi) is 6.86. The van der Waals surface area contributed by atoms with E-state index < -0.39 is 5.38 Å². The van der Waals surface area contributed by atoms with Crippen molar-refractivity contribution in [2.24, 2.45) is 5.92 Å². The lowest BCUT2D eigenvalue weighted by molar-refractivity contribution is -0.118. The van der Waals surface area contributed by atoms with Crippen molar-refractivity contribution >= 4 is 17.4 Å². The summed E-state index contributed by atoms with van der Waals surface area (Å²) >= 11 is 6.16. The summed E-state index contributed by atoms with van der Waals surface area (Å²) in [5.74, 6) is 1.77. The van der Waals surface area contributed by atoms with Gasteiger partial charge in [-0.25, -0.2) is 0 Å². The molecule has 0 N–H and O–H groups in total. The first kappa shape index (κ1) is 16.8. The number of hydrogen-bond donors (Lipinski definition) is 0. The van der Waals surface area contributed by atoms with Gasteiger partial charge >= 0.3 is 0 Å². The minimum Gasteiger partial charge on any atom is -0.490 e. The summed E-state index contributed by atoms with van der Waals surface area (Å²) in [5, 5.41) is -0.627. The Hall–Kier alpha value is -1.22. The number of rotatable bonds is 8. The van der Waals surface area contributed by atoms with Crippen LogP contribution in [0.3, 0.4) is 0 Å². The van der Waals surface area contributed by atoms with Crippen LogP contribution in [0.5, 0.6) is 11.5 Å². The summed E-state index contributed by atoms with van der Waals surface area (Å²) < 4.78 is 11.3. The Morgan fingerprint density at radius 1 is 1.20 bits per heavy atom. The van der Waals surface area contributed by atoms with E-state index in [2.05, 4.69) is 13.8 Å². The Balaban J connectivity index is 2.96. The first-order valence-corrected chi connectivity index (χ1v) is 7.49. The fourth-order valence-corrected chi connectivity index (χ4v) is 1.98. The van der Waals surface area contributed by atoms with E-state index in [-0.39, 0.29) is 5.78 Å². The first-order valence-electron chi connectivity index (χ1n) is 7.05. The molecule has 112 valence electrons. The number of hydrogen-bond acceptors (Lipinski definition) is 3. The predicted molar refractivity (Wildman–Crippen MR) is 81.8 cm³/mol. The second-order valence-electron chi connectivity index (χ2n) is 5.03. The van der Waals surface area contributed by atoms with Crippen molar-refractivity contribution in [3.05, 3.63) is 23.8 Å². The quantitative estimate of drug-likeness (QED) is 0.668. The summed E-state index contributed by atoms with van der Waals surface area (Å²) in [6.45, 7) is 9.05. The van der Waals surface area contributed by atoms with Gasteiger partial charge in [0.25, 0.3) is 0 Å². The summed E-state index contributed by atoms with van der Waals surface area (Å²) in [7, 11) is 0. The van der Waals surface area contributed by atoms with E-state index in [1.54, 1.807) is 13.0 Å². The number of halogens is 1. The van der Waals surface area contributed by atoms with Crippen LogP contribution in [0.4, 0.5) is 0 Å². The predicted octanol–water partition coefficient (Wildman–Crippen LogP) is 4.38. The molecule has 4 heteroatoms. The van der Waals surface area contributed by atoms with Gasteiger partial charge in [-0.1, -0.05) is 26.8 Å². The average molecular weight is 299 g/mol. The molecule has 0 aliphatic carbocycles. The Morgan fingerprint density at radius 2 is 1.90 bits per heavy atom. The molecule has 0 saturated heterocycles. The maximum Gasteiger partial charge on any atom is 0.161 e. The van der Waals surface area contributed by atoms with E-state index in [1.165, 1.54) is 0 Å². The van der Waals surface area contributed by atoms with Gasteiger partial charge < -0.3 is 9.47 Å². The molecule has 0 spiro atoms. The maximum atomic E-state index is 11.7. The van der Waals surface area contributed by atoms with Crippen molar-refractivity contribution in [3.63, 3.8) is 0 Å². The van der Waals surface area contributed by atoms with Crippen molar-refractivity contribution in [1.82, 2.24) is 0 Å². The van der Waals surface area contributed by atoms with Crippen LogP contribution in [-0.2, 0) is 4.79 Å². The van der Waals surface area contributed by atoms with Gasteiger partial charge in [0.05, 0.1) is 13.2 Å². The van der Waals surface area contributed by atoms with Crippen LogP contribution in [0.25, 0.3) is 0 Å². The highest BCUT2D eigenvalue weighted by molar-refractivity contribution is 6.31. The van der Waals surface area contributed by atoms with E-state index in [4.69, 9.17) is 21.1 Å². The third kappa shape index (κ3) is 4.71. The zero-order valence-corrected chi connectivity index (χ0v) is 13.4. The smallest absolute Gasteiger partial charge is 0.161 e. The van der Waals surface area contributed by atoms with Gasteiger partial charge in [0.1, 0.15) is 5.38 Å². The van der Waals surface area contributed by atoms with E-state index in [0.29, 0.717) is 37.1 Å². The highest BCUT2D eigenvalue weighted by atomic mass is 35.5. The molecule has 1 unspecified atom stereocenters. The number of carbonyl (C=O) groups excluding carboxylic acids is 1. The normalized spacial score (nSPS) is 12.3. The van der Waals surface area contributed by atoms with Crippen LogP contribution < -0.4 is 9.47 Å². The van der Waals surface area contributed by atoms with Crippen LogP contribution in [0.2, 0.25) is 0 Å². The Labute approximate surface area is 126 Å². The van der Waals surface area contributed by atoms with Crippen molar-refractivity contribution in [1.29, 1.82) is 0 Å². The van der Waals surface area contributed by atoms with Crippen molar-refractivity contribution in [2.75, 3.05) is 13.2 Å². The van der Waals surface area contributed by atoms with Gasteiger partial charge in [0.2, 0.25) is 0 Å². The monoisotopic (exact) mass is 298 g/mol. The van der Waals surface area contributed by atoms with Gasteiger partial charge in [-0.05, 0) is 30.5 Å². The van der Waals surface area contributed by atoms with E-state index in [9.17, 15) is 4.79 Å². The molecule has 0 radical (unpaired) electrons. The Morgan fingerprint density at radius 3 is 2.45 bits per heavy atom. The minimum absolute atomic E-state index is 0.00460. The number of carbonyl (C=O) groups is 1. The molecule has 0 amide bonds. The van der Waals surface area contributed by atoms with Crippen LogP contribution in [0, 0.1) is 5.92 Å². The molecule has 1 atom stereocenters. The minimum atomic E-state index is -0.627. The number of ketones is 1. The maximum absolute atomic E-state index is 11.7. The zero-order chi connectivity index (χ0) is 15.1. The highest BCUT2D eigenvalue weighted by Gasteiger charge is 2.18. The molecular weight excluding hydrogens is 276 g/mol. The second-order valence-corrected chi connectivity index (χ2v) is 5.46. The molecule has 0 heterocycles. The molecular formula is C16H23ClO3. The third-order valence-electron chi connectivity index (χ3n) is 2.76. The van der Waals surface area contributed by atoms with Gasteiger partial charge in [-0.15, -0.1) is 11.6 Å². The summed E-state index contributed by atoms with van der Waals surface area (Å²) in [6.07, 6.45) is 0.420. The van der Waals surface area contributed by atoms with E-state index in [0.717, 1.165) is 5.56 Å². The molecule has 20 heavy (non-hydrogen) atoms.